The average molecular weight is 240 g/mol. The normalized spacial score (nSPS) is 9.85. The van der Waals surface area contributed by atoms with Crippen LogP contribution in [0.15, 0.2) is 27.7 Å². The largest absolute Gasteiger partial charge is 0.240 e. The zero-order chi connectivity index (χ0) is 9.84. The van der Waals surface area contributed by atoms with Crippen molar-refractivity contribution >= 4 is 27.7 Å². The number of hydrogen-bond acceptors (Lipinski definition) is 2. The van der Waals surface area contributed by atoms with Gasteiger partial charge in [0.25, 0.3) is 0 Å². The minimum absolute atomic E-state index is 0.477. The van der Waals surface area contributed by atoms with Crippen LogP contribution in [-0.2, 0) is 4.79 Å². The lowest BCUT2D eigenvalue weighted by Crippen LogP contribution is -1.85. The maximum Gasteiger partial charge on any atom is 0.240 e. The summed E-state index contributed by atoms with van der Waals surface area (Å²) in [5.41, 5.74) is 1.84. The second kappa shape index (κ2) is 4.35. The van der Waals surface area contributed by atoms with Crippen LogP contribution in [0, 0.1) is 0 Å². The van der Waals surface area contributed by atoms with Crippen LogP contribution in [-0.4, -0.2) is 6.08 Å². The summed E-state index contributed by atoms with van der Waals surface area (Å²) >= 11 is 3.34. The van der Waals surface area contributed by atoms with Gasteiger partial charge < -0.3 is 0 Å². The van der Waals surface area contributed by atoms with E-state index in [1.807, 2.05) is 18.2 Å². The summed E-state index contributed by atoms with van der Waals surface area (Å²) in [5.74, 6) is 0.477. The van der Waals surface area contributed by atoms with E-state index >= 15 is 0 Å². The maximum atomic E-state index is 10.0. The third kappa shape index (κ3) is 2.51. The fraction of sp³-hybridized carbons (Fsp3) is 0.300. The van der Waals surface area contributed by atoms with Crippen LogP contribution in [0.5, 0.6) is 0 Å². The highest BCUT2D eigenvalue weighted by molar-refractivity contribution is 9.10. The lowest BCUT2D eigenvalue weighted by molar-refractivity contribution is 0.565. The Labute approximate surface area is 85.8 Å². The summed E-state index contributed by atoms with van der Waals surface area (Å²) in [6.07, 6.45) is 1.52. The molecule has 2 nitrogen and oxygen atoms in total. The second-order valence-corrected chi connectivity index (χ2v) is 3.92. The van der Waals surface area contributed by atoms with Crippen LogP contribution >= 0.6 is 15.9 Å². The molecule has 0 amide bonds. The van der Waals surface area contributed by atoms with Crippen molar-refractivity contribution in [1.82, 2.24) is 0 Å². The van der Waals surface area contributed by atoms with E-state index < -0.39 is 0 Å². The molecule has 1 aromatic carbocycles. The third-order valence-electron chi connectivity index (χ3n) is 1.80. The summed E-state index contributed by atoms with van der Waals surface area (Å²) in [6.45, 7) is 4.23. The molecule has 0 saturated carbocycles. The number of aliphatic imine (C=N–C) groups is 1. The van der Waals surface area contributed by atoms with Crippen LogP contribution in [0.3, 0.4) is 0 Å². The van der Waals surface area contributed by atoms with Gasteiger partial charge in [-0.1, -0.05) is 19.9 Å². The van der Waals surface area contributed by atoms with Crippen LogP contribution < -0.4 is 0 Å². The first-order valence-electron chi connectivity index (χ1n) is 4.02. The average Bonchev–Trinajstić information content (AvgIpc) is 2.08. The van der Waals surface area contributed by atoms with Gasteiger partial charge in [-0.25, -0.2) is 4.79 Å². The van der Waals surface area contributed by atoms with Crippen molar-refractivity contribution < 1.29 is 4.79 Å². The fourth-order valence-electron chi connectivity index (χ4n) is 1.02. The van der Waals surface area contributed by atoms with Gasteiger partial charge in [-0.05, 0) is 39.5 Å². The summed E-state index contributed by atoms with van der Waals surface area (Å²) in [4.78, 5) is 13.6. The topological polar surface area (TPSA) is 29.4 Å². The van der Waals surface area contributed by atoms with Crippen molar-refractivity contribution in [2.45, 2.75) is 19.8 Å². The first kappa shape index (κ1) is 10.2. The lowest BCUT2D eigenvalue weighted by Gasteiger charge is -2.05. The molecule has 0 unspecified atom stereocenters. The van der Waals surface area contributed by atoms with Gasteiger partial charge in [0.05, 0.1) is 5.69 Å². The molecule has 0 aliphatic carbocycles. The van der Waals surface area contributed by atoms with Crippen molar-refractivity contribution in [2.75, 3.05) is 0 Å². The summed E-state index contributed by atoms with van der Waals surface area (Å²) in [7, 11) is 0. The number of carbonyl (C=O) groups excluding carboxylic acids is 1. The van der Waals surface area contributed by atoms with Crippen molar-refractivity contribution in [3.05, 3.63) is 28.2 Å². The van der Waals surface area contributed by atoms with E-state index in [2.05, 4.69) is 34.8 Å². The number of isocyanates is 1. The van der Waals surface area contributed by atoms with Crippen molar-refractivity contribution in [3.63, 3.8) is 0 Å². The van der Waals surface area contributed by atoms with E-state index in [0.717, 1.165) is 4.47 Å². The predicted octanol–water partition coefficient (Wildman–Crippen LogP) is 3.54. The van der Waals surface area contributed by atoms with Crippen molar-refractivity contribution in [3.8, 4) is 0 Å². The Kier molecular flexibility index (Phi) is 3.40. The van der Waals surface area contributed by atoms with Crippen molar-refractivity contribution in [2.24, 2.45) is 4.99 Å². The monoisotopic (exact) mass is 239 g/mol. The minimum Gasteiger partial charge on any atom is -0.211 e. The fourth-order valence-corrected chi connectivity index (χ4v) is 1.51. The molecule has 68 valence electrons. The molecule has 0 saturated heterocycles. The molecule has 0 radical (unpaired) electrons. The van der Waals surface area contributed by atoms with E-state index in [-0.39, 0.29) is 0 Å². The first-order chi connectivity index (χ1) is 6.15. The molecule has 1 rings (SSSR count). The molecule has 0 bridgehead atoms. The molecule has 0 aliphatic rings. The molecule has 0 fully saturated rings. The molecule has 1 aromatic rings. The van der Waals surface area contributed by atoms with E-state index in [9.17, 15) is 4.79 Å². The van der Waals surface area contributed by atoms with Crippen LogP contribution in [0.4, 0.5) is 5.69 Å². The van der Waals surface area contributed by atoms with Gasteiger partial charge in [0, 0.05) is 4.47 Å². The highest BCUT2D eigenvalue weighted by Gasteiger charge is 2.02. The molecule has 0 atom stereocenters. The Morgan fingerprint density at radius 2 is 2.15 bits per heavy atom. The minimum atomic E-state index is 0.477. The number of hydrogen-bond donors (Lipinski definition) is 0. The molecule has 0 spiro atoms. The van der Waals surface area contributed by atoms with E-state index in [1.165, 1.54) is 11.6 Å². The van der Waals surface area contributed by atoms with Crippen LogP contribution in [0.2, 0.25) is 0 Å². The zero-order valence-corrected chi connectivity index (χ0v) is 9.13. The summed E-state index contributed by atoms with van der Waals surface area (Å²) in [5, 5.41) is 0. The zero-order valence-electron chi connectivity index (χ0n) is 7.54. The summed E-state index contributed by atoms with van der Waals surface area (Å²) in [6, 6.07) is 5.75. The third-order valence-corrected chi connectivity index (χ3v) is 2.44. The van der Waals surface area contributed by atoms with Gasteiger partial charge in [0.15, 0.2) is 0 Å². The van der Waals surface area contributed by atoms with Gasteiger partial charge in [-0.2, -0.15) is 4.99 Å². The molecule has 0 N–H and O–H groups in total. The van der Waals surface area contributed by atoms with Gasteiger partial charge in [-0.15, -0.1) is 0 Å². The van der Waals surface area contributed by atoms with E-state index in [4.69, 9.17) is 0 Å². The quantitative estimate of drug-likeness (QED) is 0.574. The molecule has 0 aromatic heterocycles. The Bertz CT molecular complexity index is 354. The second-order valence-electron chi connectivity index (χ2n) is 3.07. The first-order valence-corrected chi connectivity index (χ1v) is 4.81. The predicted molar refractivity (Wildman–Crippen MR) is 56.0 cm³/mol. The number of rotatable bonds is 2. The van der Waals surface area contributed by atoms with Crippen LogP contribution in [0.25, 0.3) is 0 Å². The Morgan fingerprint density at radius 1 is 1.46 bits per heavy atom. The van der Waals surface area contributed by atoms with Crippen molar-refractivity contribution in [1.29, 1.82) is 0 Å². The smallest absolute Gasteiger partial charge is 0.211 e. The van der Waals surface area contributed by atoms with E-state index in [1.54, 1.807) is 0 Å². The molecular formula is C10H10BrNO. The molecule has 3 heteroatoms. The van der Waals surface area contributed by atoms with Crippen LogP contribution in [0.1, 0.15) is 25.3 Å². The van der Waals surface area contributed by atoms with E-state index in [0.29, 0.717) is 11.6 Å². The lowest BCUT2D eigenvalue weighted by atomic mass is 10.0. The Balaban J connectivity index is 3.12. The number of nitrogens with zero attached hydrogens (tertiary/aromatic N) is 1. The van der Waals surface area contributed by atoms with Gasteiger partial charge >= 0.3 is 0 Å². The van der Waals surface area contributed by atoms with Gasteiger partial charge in [0.2, 0.25) is 6.08 Å². The molecule has 0 aliphatic heterocycles. The number of benzene rings is 1. The molecular weight excluding hydrogens is 230 g/mol. The van der Waals surface area contributed by atoms with Gasteiger partial charge in [-0.3, -0.25) is 0 Å². The number of halogens is 1. The Hall–Kier alpha value is -0.920. The maximum absolute atomic E-state index is 10.0. The van der Waals surface area contributed by atoms with Gasteiger partial charge in [0.1, 0.15) is 0 Å². The summed E-state index contributed by atoms with van der Waals surface area (Å²) < 4.78 is 0.835. The SMILES string of the molecule is CC(C)c1ccc(N=C=O)c(Br)c1. The Morgan fingerprint density at radius 3 is 2.62 bits per heavy atom. The highest BCUT2D eigenvalue weighted by atomic mass is 79.9. The molecule has 13 heavy (non-hydrogen) atoms. The molecule has 0 heterocycles. The highest BCUT2D eigenvalue weighted by Crippen LogP contribution is 2.28. The standard InChI is InChI=1S/C10H10BrNO/c1-7(2)8-3-4-10(12-6-13)9(11)5-8/h3-5,7H,1-2H3.